The van der Waals surface area contributed by atoms with Crippen LogP contribution in [0.25, 0.3) is 0 Å². The summed E-state index contributed by atoms with van der Waals surface area (Å²) in [5.74, 6) is 2.35. The van der Waals surface area contributed by atoms with Crippen molar-refractivity contribution in [2.75, 3.05) is 47.1 Å². The maximum atomic E-state index is 13.9. The minimum absolute atomic E-state index is 0.103. The molecule has 1 N–H and O–H groups in total. The molecule has 4 rings (SSSR count). The molecule has 1 aliphatic carbocycles. The van der Waals surface area contributed by atoms with E-state index in [0.717, 1.165) is 45.3 Å². The summed E-state index contributed by atoms with van der Waals surface area (Å²) < 4.78 is 16.6. The molecule has 190 valence electrons. The van der Waals surface area contributed by atoms with Crippen LogP contribution in [0.2, 0.25) is 0 Å². The first-order valence-electron chi connectivity index (χ1n) is 13.0. The first-order valence-corrected chi connectivity index (χ1v) is 13.0. The smallest absolute Gasteiger partial charge is 0.254 e. The van der Waals surface area contributed by atoms with E-state index in [1.54, 1.807) is 14.2 Å². The van der Waals surface area contributed by atoms with Crippen LogP contribution in [-0.4, -0.2) is 63.9 Å². The Kier molecular flexibility index (Phi) is 9.43. The van der Waals surface area contributed by atoms with E-state index >= 15 is 0 Å². The molecule has 2 aliphatic rings. The molecule has 6 nitrogen and oxygen atoms in total. The van der Waals surface area contributed by atoms with E-state index in [0.29, 0.717) is 48.2 Å². The first-order chi connectivity index (χ1) is 17.2. The highest BCUT2D eigenvalue weighted by atomic mass is 16.5. The van der Waals surface area contributed by atoms with Gasteiger partial charge in [0.2, 0.25) is 0 Å². The van der Waals surface area contributed by atoms with E-state index in [9.17, 15) is 4.79 Å². The topological polar surface area (TPSA) is 60.0 Å². The summed E-state index contributed by atoms with van der Waals surface area (Å²) in [4.78, 5) is 16.1. The molecule has 35 heavy (non-hydrogen) atoms. The van der Waals surface area contributed by atoms with Gasteiger partial charge in [-0.3, -0.25) is 4.79 Å². The number of methoxy groups -OCH3 is 2. The first kappa shape index (κ1) is 25.5. The van der Waals surface area contributed by atoms with Crippen LogP contribution < -0.4 is 14.8 Å². The fourth-order valence-electron chi connectivity index (χ4n) is 5.50. The van der Waals surface area contributed by atoms with E-state index < -0.39 is 0 Å². The Labute approximate surface area is 209 Å². The molecule has 6 heteroatoms. The van der Waals surface area contributed by atoms with Gasteiger partial charge in [0.05, 0.1) is 13.7 Å². The van der Waals surface area contributed by atoms with Crippen molar-refractivity contribution in [1.82, 2.24) is 10.2 Å². The molecular weight excluding hydrogens is 440 g/mol. The number of rotatable bonds is 12. The Morgan fingerprint density at radius 3 is 2.49 bits per heavy atom. The molecule has 2 aromatic rings. The summed E-state index contributed by atoms with van der Waals surface area (Å²) in [5, 5.41) is 3.59. The summed E-state index contributed by atoms with van der Waals surface area (Å²) in [5.41, 5.74) is 2.04. The number of ether oxygens (including phenoxy) is 3. The zero-order chi connectivity index (χ0) is 24.5. The third-order valence-corrected chi connectivity index (χ3v) is 7.44. The molecule has 1 saturated heterocycles. The molecule has 2 unspecified atom stereocenters. The van der Waals surface area contributed by atoms with Crippen molar-refractivity contribution < 1.29 is 19.0 Å². The number of nitrogens with one attached hydrogen (secondary N) is 1. The van der Waals surface area contributed by atoms with E-state index in [1.807, 2.05) is 18.2 Å². The highest BCUT2D eigenvalue weighted by Crippen LogP contribution is 2.32. The van der Waals surface area contributed by atoms with Crippen molar-refractivity contribution >= 4 is 5.91 Å². The Bertz CT molecular complexity index is 930. The number of carbonyl (C=O) groups is 1. The van der Waals surface area contributed by atoms with Gasteiger partial charge >= 0.3 is 0 Å². The lowest BCUT2D eigenvalue weighted by Gasteiger charge is -2.33. The Hall–Kier alpha value is -2.57. The molecule has 2 atom stereocenters. The fraction of sp³-hybridized carbons (Fsp3) is 0.552. The van der Waals surface area contributed by atoms with Gasteiger partial charge in [0.1, 0.15) is 0 Å². The van der Waals surface area contributed by atoms with Gasteiger partial charge in [0, 0.05) is 38.3 Å². The molecule has 1 heterocycles. The van der Waals surface area contributed by atoms with Crippen molar-refractivity contribution in [2.45, 2.75) is 44.6 Å². The van der Waals surface area contributed by atoms with Crippen LogP contribution in [0.15, 0.2) is 48.5 Å². The number of hydrogen-bond donors (Lipinski definition) is 1. The summed E-state index contributed by atoms with van der Waals surface area (Å²) >= 11 is 0. The summed E-state index contributed by atoms with van der Waals surface area (Å²) in [7, 11) is 3.31. The van der Waals surface area contributed by atoms with Crippen LogP contribution in [0.5, 0.6) is 11.5 Å². The molecule has 1 saturated carbocycles. The zero-order valence-electron chi connectivity index (χ0n) is 21.2. The lowest BCUT2D eigenvalue weighted by molar-refractivity contribution is 0.0633. The van der Waals surface area contributed by atoms with Gasteiger partial charge in [-0.05, 0) is 68.0 Å². The van der Waals surface area contributed by atoms with E-state index in [4.69, 9.17) is 14.2 Å². The largest absolute Gasteiger partial charge is 0.493 e. The zero-order valence-corrected chi connectivity index (χ0v) is 21.2. The Morgan fingerprint density at radius 1 is 0.971 bits per heavy atom. The monoisotopic (exact) mass is 480 g/mol. The molecular formula is C29H40N2O4. The van der Waals surface area contributed by atoms with Crippen LogP contribution >= 0.6 is 0 Å². The normalized spacial score (nSPS) is 20.2. The van der Waals surface area contributed by atoms with Gasteiger partial charge in [0.25, 0.3) is 5.91 Å². The van der Waals surface area contributed by atoms with Crippen molar-refractivity contribution in [1.29, 1.82) is 0 Å². The molecule has 0 spiro atoms. The van der Waals surface area contributed by atoms with Crippen LogP contribution in [0, 0.1) is 11.8 Å². The van der Waals surface area contributed by atoms with Gasteiger partial charge in [-0.25, -0.2) is 0 Å². The predicted molar refractivity (Wildman–Crippen MR) is 138 cm³/mol. The maximum absolute atomic E-state index is 13.9. The lowest BCUT2D eigenvalue weighted by Crippen LogP contribution is -2.43. The number of hydrogen-bond acceptors (Lipinski definition) is 5. The minimum atomic E-state index is 0.103. The van der Waals surface area contributed by atoms with E-state index in [2.05, 4.69) is 40.5 Å². The average molecular weight is 481 g/mol. The minimum Gasteiger partial charge on any atom is -0.493 e. The van der Waals surface area contributed by atoms with Crippen molar-refractivity contribution in [3.8, 4) is 11.5 Å². The molecule has 1 amide bonds. The summed E-state index contributed by atoms with van der Waals surface area (Å²) in [6, 6.07) is 16.6. The van der Waals surface area contributed by atoms with Crippen molar-refractivity contribution in [3.63, 3.8) is 0 Å². The predicted octanol–water partition coefficient (Wildman–Crippen LogP) is 4.57. The lowest BCUT2D eigenvalue weighted by atomic mass is 9.88. The average Bonchev–Trinajstić information content (AvgIpc) is 3.58. The molecule has 0 aromatic heterocycles. The molecule has 0 bridgehead atoms. The second kappa shape index (κ2) is 12.9. The SMILES string of the molecule is COCCCOc1cc(C(=O)N(CC2CNCC2Cc2ccccc2)C2CCCC2)ccc1OC. The highest BCUT2D eigenvalue weighted by Gasteiger charge is 2.34. The number of nitrogens with zero attached hydrogens (tertiary/aromatic N) is 1. The van der Waals surface area contributed by atoms with Gasteiger partial charge in [-0.15, -0.1) is 0 Å². The Morgan fingerprint density at radius 2 is 1.74 bits per heavy atom. The van der Waals surface area contributed by atoms with Gasteiger partial charge < -0.3 is 24.4 Å². The Balaban J connectivity index is 1.50. The van der Waals surface area contributed by atoms with Crippen molar-refractivity contribution in [2.24, 2.45) is 11.8 Å². The molecule has 2 aromatic carbocycles. The molecule has 1 aliphatic heterocycles. The maximum Gasteiger partial charge on any atom is 0.254 e. The number of amides is 1. The summed E-state index contributed by atoms with van der Waals surface area (Å²) in [6.45, 7) is 3.92. The third kappa shape index (κ3) is 6.77. The second-order valence-corrected chi connectivity index (χ2v) is 9.82. The quantitative estimate of drug-likeness (QED) is 0.451. The number of carbonyl (C=O) groups excluding carboxylic acids is 1. The molecule has 2 fully saturated rings. The number of benzene rings is 2. The van der Waals surface area contributed by atoms with Crippen molar-refractivity contribution in [3.05, 3.63) is 59.7 Å². The van der Waals surface area contributed by atoms with E-state index in [1.165, 1.54) is 18.4 Å². The fourth-order valence-corrected chi connectivity index (χ4v) is 5.50. The summed E-state index contributed by atoms with van der Waals surface area (Å²) in [6.07, 6.45) is 6.40. The molecule has 0 radical (unpaired) electrons. The van der Waals surface area contributed by atoms with Crippen LogP contribution in [0.4, 0.5) is 0 Å². The standard InChI is InChI=1S/C29H40N2O4/c1-33-15-8-16-35-28-18-23(13-14-27(28)34-2)29(32)31(26-11-6-7-12-26)21-25-20-30-19-24(25)17-22-9-4-3-5-10-22/h3-5,9-10,13-14,18,24-26,30H,6-8,11-12,15-17,19-21H2,1-2H3. The second-order valence-electron chi connectivity index (χ2n) is 9.82. The van der Waals surface area contributed by atoms with Gasteiger partial charge in [-0.2, -0.15) is 0 Å². The van der Waals surface area contributed by atoms with Crippen LogP contribution in [0.3, 0.4) is 0 Å². The van der Waals surface area contributed by atoms with E-state index in [-0.39, 0.29) is 5.91 Å². The third-order valence-electron chi connectivity index (χ3n) is 7.44. The van der Waals surface area contributed by atoms with Crippen LogP contribution in [-0.2, 0) is 11.2 Å². The highest BCUT2D eigenvalue weighted by molar-refractivity contribution is 5.95. The van der Waals surface area contributed by atoms with Gasteiger partial charge in [0.15, 0.2) is 11.5 Å². The van der Waals surface area contributed by atoms with Crippen LogP contribution in [0.1, 0.15) is 48.0 Å². The van der Waals surface area contributed by atoms with Gasteiger partial charge in [-0.1, -0.05) is 43.2 Å².